The van der Waals surface area contributed by atoms with Crippen molar-refractivity contribution >= 4 is 38.9 Å². The minimum Gasteiger partial charge on any atom is -0.310 e. The van der Waals surface area contributed by atoms with Crippen LogP contribution in [0.4, 0.5) is 17.1 Å². The average molecular weight is 955 g/mol. The molecule has 0 bridgehead atoms. The molecule has 0 N–H and O–H groups in total. The number of aromatic nitrogens is 1. The Bertz CT molecular complexity index is 4180. The zero-order valence-corrected chi connectivity index (χ0v) is 41.3. The third-order valence-corrected chi connectivity index (χ3v) is 15.5. The molecule has 75 heavy (non-hydrogen) atoms. The molecule has 14 rings (SSSR count). The fourth-order valence-electron chi connectivity index (χ4n) is 12.3. The molecule has 12 aromatic carbocycles. The Morgan fingerprint density at radius 1 is 0.280 bits per heavy atom. The van der Waals surface area contributed by atoms with E-state index in [1.165, 1.54) is 66.3 Å². The average Bonchev–Trinajstić information content (AvgIpc) is 4.03. The lowest BCUT2D eigenvalue weighted by Crippen LogP contribution is -2.28. The first-order valence-corrected chi connectivity index (χ1v) is 25.9. The Morgan fingerprint density at radius 3 is 1.51 bits per heavy atom. The zero-order chi connectivity index (χ0) is 49.7. The molecule has 1 aliphatic rings. The highest BCUT2D eigenvalue weighted by Gasteiger charge is 2.46. The van der Waals surface area contributed by atoms with Crippen molar-refractivity contribution in [3.63, 3.8) is 0 Å². The summed E-state index contributed by atoms with van der Waals surface area (Å²) in [5, 5.41) is 2.47. The van der Waals surface area contributed by atoms with Gasteiger partial charge in [0.25, 0.3) is 0 Å². The summed E-state index contributed by atoms with van der Waals surface area (Å²) in [6.45, 7) is 0. The third-order valence-electron chi connectivity index (χ3n) is 15.5. The molecule has 0 saturated carbocycles. The predicted molar refractivity (Wildman–Crippen MR) is 315 cm³/mol. The van der Waals surface area contributed by atoms with Gasteiger partial charge in [0, 0.05) is 33.4 Å². The van der Waals surface area contributed by atoms with Crippen LogP contribution in [0, 0.1) is 0 Å². The van der Waals surface area contributed by atoms with Gasteiger partial charge in [-0.15, -0.1) is 0 Å². The van der Waals surface area contributed by atoms with Gasteiger partial charge < -0.3 is 9.47 Å². The fraction of sp³-hybridized carbons (Fsp3) is 0.0137. The summed E-state index contributed by atoms with van der Waals surface area (Å²) in [7, 11) is 0. The molecule has 1 aliphatic carbocycles. The van der Waals surface area contributed by atoms with E-state index in [9.17, 15) is 0 Å². The topological polar surface area (TPSA) is 8.17 Å². The maximum atomic E-state index is 2.52. The first-order valence-electron chi connectivity index (χ1n) is 25.9. The minimum atomic E-state index is -0.584. The second-order valence-corrected chi connectivity index (χ2v) is 19.5. The highest BCUT2D eigenvalue weighted by Crippen LogP contribution is 2.58. The van der Waals surface area contributed by atoms with Crippen molar-refractivity contribution in [1.82, 2.24) is 4.57 Å². The molecule has 0 saturated heterocycles. The van der Waals surface area contributed by atoms with Crippen LogP contribution in [0.25, 0.3) is 83.1 Å². The highest BCUT2D eigenvalue weighted by molar-refractivity contribution is 6.10. The SMILES string of the molecule is c1ccc(-c2ccccc2-c2c(-c3ccccc3)cccc2N(c2cccc(-c3ccc4c5ccccc5n(-c5ccccc5)c4c3)c2)c2ccc3c(c2)C(c2ccccc2)(c2ccccc2)c2ccccc2-3)cc1. The molecule has 1 aromatic heterocycles. The molecular weight excluding hydrogens is 905 g/mol. The number of benzene rings is 12. The van der Waals surface area contributed by atoms with Crippen LogP contribution in [0.15, 0.2) is 303 Å². The summed E-state index contributed by atoms with van der Waals surface area (Å²) in [5.74, 6) is 0. The second kappa shape index (κ2) is 18.4. The smallest absolute Gasteiger partial charge is 0.0714 e. The Morgan fingerprint density at radius 2 is 0.787 bits per heavy atom. The van der Waals surface area contributed by atoms with Crippen molar-refractivity contribution in [1.29, 1.82) is 0 Å². The molecule has 0 atom stereocenters. The van der Waals surface area contributed by atoms with Crippen LogP contribution in [-0.2, 0) is 5.41 Å². The maximum Gasteiger partial charge on any atom is 0.0714 e. The Kier molecular flexibility index (Phi) is 10.8. The fourth-order valence-corrected chi connectivity index (χ4v) is 12.3. The van der Waals surface area contributed by atoms with E-state index in [0.29, 0.717) is 0 Å². The van der Waals surface area contributed by atoms with Crippen LogP contribution < -0.4 is 4.90 Å². The third kappa shape index (κ3) is 7.25. The summed E-state index contributed by atoms with van der Waals surface area (Å²) in [6, 6.07) is 112. The van der Waals surface area contributed by atoms with Crippen molar-refractivity contribution in [2.24, 2.45) is 0 Å². The molecule has 0 spiro atoms. The number of anilines is 3. The zero-order valence-electron chi connectivity index (χ0n) is 41.3. The lowest BCUT2D eigenvalue weighted by molar-refractivity contribution is 0.768. The van der Waals surface area contributed by atoms with Crippen molar-refractivity contribution in [3.8, 4) is 61.3 Å². The van der Waals surface area contributed by atoms with Crippen LogP contribution in [0.2, 0.25) is 0 Å². The molecule has 0 radical (unpaired) electrons. The molecule has 352 valence electrons. The molecule has 0 unspecified atom stereocenters. The largest absolute Gasteiger partial charge is 0.310 e. The van der Waals surface area contributed by atoms with E-state index >= 15 is 0 Å². The van der Waals surface area contributed by atoms with E-state index in [-0.39, 0.29) is 0 Å². The van der Waals surface area contributed by atoms with Gasteiger partial charge in [0.1, 0.15) is 0 Å². The van der Waals surface area contributed by atoms with Gasteiger partial charge in [0.2, 0.25) is 0 Å². The van der Waals surface area contributed by atoms with Gasteiger partial charge in [-0.25, -0.2) is 0 Å². The number of hydrogen-bond donors (Lipinski definition) is 0. The van der Waals surface area contributed by atoms with E-state index < -0.39 is 5.41 Å². The summed E-state index contributed by atoms with van der Waals surface area (Å²) >= 11 is 0. The van der Waals surface area contributed by atoms with Gasteiger partial charge in [0.15, 0.2) is 0 Å². The Balaban J connectivity index is 1.05. The van der Waals surface area contributed by atoms with Gasteiger partial charge in [-0.3, -0.25) is 0 Å². The van der Waals surface area contributed by atoms with E-state index in [1.807, 2.05) is 0 Å². The highest BCUT2D eigenvalue weighted by atomic mass is 15.1. The van der Waals surface area contributed by atoms with Crippen molar-refractivity contribution < 1.29 is 0 Å². The molecule has 2 heteroatoms. The molecule has 0 amide bonds. The first kappa shape index (κ1) is 44.0. The van der Waals surface area contributed by atoms with Crippen molar-refractivity contribution in [2.75, 3.05) is 4.90 Å². The molecular formula is C73H50N2. The molecule has 0 fully saturated rings. The summed E-state index contributed by atoms with van der Waals surface area (Å²) in [6.07, 6.45) is 0. The number of fused-ring (bicyclic) bond motifs is 6. The van der Waals surface area contributed by atoms with Crippen LogP contribution in [-0.4, -0.2) is 4.57 Å². The van der Waals surface area contributed by atoms with Crippen molar-refractivity contribution in [2.45, 2.75) is 5.41 Å². The van der Waals surface area contributed by atoms with Crippen LogP contribution in [0.3, 0.4) is 0 Å². The normalized spacial score (nSPS) is 12.4. The van der Waals surface area contributed by atoms with Crippen molar-refractivity contribution in [3.05, 3.63) is 326 Å². The summed E-state index contributed by atoms with van der Waals surface area (Å²) < 4.78 is 2.41. The van der Waals surface area contributed by atoms with Gasteiger partial charge in [0.05, 0.1) is 22.1 Å². The van der Waals surface area contributed by atoms with Crippen LogP contribution >= 0.6 is 0 Å². The Hall–Kier alpha value is -9.76. The maximum absolute atomic E-state index is 2.52. The second-order valence-electron chi connectivity index (χ2n) is 19.5. The van der Waals surface area contributed by atoms with Crippen LogP contribution in [0.1, 0.15) is 22.3 Å². The minimum absolute atomic E-state index is 0.584. The van der Waals surface area contributed by atoms with Gasteiger partial charge in [-0.05, 0) is 127 Å². The number of hydrogen-bond acceptors (Lipinski definition) is 1. The standard InChI is InChI=1S/C73H50N2/c1-6-24-51(25-7-1)60-36-16-17-39-66(60)72-61(52-26-8-2-9-27-52)40-23-43-70(72)74(58-35-22-28-53(48-58)54-44-46-65-64-38-19-21-42-69(64)75(71(65)49-54)57-33-14-5-15-34-57)59-45-47-63-62-37-18-20-41-67(62)73(68(63)50-59,55-29-10-3-11-30-55)56-31-12-4-13-32-56/h1-50H. The predicted octanol–water partition coefficient (Wildman–Crippen LogP) is 19.3. The Labute approximate surface area is 438 Å². The van der Waals surface area contributed by atoms with Gasteiger partial charge in [-0.2, -0.15) is 0 Å². The first-order chi connectivity index (χ1) is 37.2. The van der Waals surface area contributed by atoms with Gasteiger partial charge in [-0.1, -0.05) is 249 Å². The van der Waals surface area contributed by atoms with Gasteiger partial charge >= 0.3 is 0 Å². The van der Waals surface area contributed by atoms with Crippen LogP contribution in [0.5, 0.6) is 0 Å². The van der Waals surface area contributed by atoms with E-state index in [4.69, 9.17) is 0 Å². The molecule has 0 aliphatic heterocycles. The van der Waals surface area contributed by atoms with E-state index in [0.717, 1.165) is 56.1 Å². The summed E-state index contributed by atoms with van der Waals surface area (Å²) in [4.78, 5) is 2.52. The lowest BCUT2D eigenvalue weighted by atomic mass is 9.67. The van der Waals surface area contributed by atoms with E-state index in [1.54, 1.807) is 0 Å². The number of nitrogens with zero attached hydrogens (tertiary/aromatic N) is 2. The molecule has 13 aromatic rings. The monoisotopic (exact) mass is 954 g/mol. The molecule has 2 nitrogen and oxygen atoms in total. The lowest BCUT2D eigenvalue weighted by Gasteiger charge is -2.35. The number of para-hydroxylation sites is 2. The van der Waals surface area contributed by atoms with E-state index in [2.05, 4.69) is 313 Å². The quantitative estimate of drug-likeness (QED) is 0.133. The summed E-state index contributed by atoms with van der Waals surface area (Å²) in [5.41, 5.74) is 22.9. The number of rotatable bonds is 10. The molecule has 1 heterocycles.